The van der Waals surface area contributed by atoms with E-state index in [9.17, 15) is 19.2 Å². The van der Waals surface area contributed by atoms with E-state index in [2.05, 4.69) is 20.5 Å². The van der Waals surface area contributed by atoms with Crippen LogP contribution in [0, 0.1) is 0 Å². The standard InChI is InChI=1S/C24H21N3O8/c1-33-21(28)11-19(23(30)31)25-22(29)18-10-20(35-27-18)26-24(32)34-12-17-15-8-4-2-6-13(15)14-7-3-5-9-16(14)17/h2-10,17,19H,11-12H2,1H3,(H,25,29)(H,26,32)(H,30,31)/t19-/m1/s1. The molecule has 3 N–H and O–H groups in total. The summed E-state index contributed by atoms with van der Waals surface area (Å²) in [7, 11) is 1.10. The van der Waals surface area contributed by atoms with Gasteiger partial charge in [-0.2, -0.15) is 0 Å². The first-order valence-corrected chi connectivity index (χ1v) is 10.6. The summed E-state index contributed by atoms with van der Waals surface area (Å²) in [6, 6.07) is 15.4. The van der Waals surface area contributed by atoms with E-state index in [1.807, 2.05) is 48.5 Å². The lowest BCUT2D eigenvalue weighted by Crippen LogP contribution is -2.42. The van der Waals surface area contributed by atoms with E-state index in [4.69, 9.17) is 14.4 Å². The van der Waals surface area contributed by atoms with Gasteiger partial charge in [-0.25, -0.2) is 9.59 Å². The SMILES string of the molecule is COC(=O)C[C@@H](NC(=O)c1cc(NC(=O)OCC2c3ccccc3-c3ccccc32)on1)C(=O)O. The summed E-state index contributed by atoms with van der Waals surface area (Å²) >= 11 is 0. The molecule has 1 aromatic heterocycles. The van der Waals surface area contributed by atoms with Gasteiger partial charge in [0.25, 0.3) is 5.91 Å². The van der Waals surface area contributed by atoms with E-state index in [-0.39, 0.29) is 24.1 Å². The molecule has 2 amide bonds. The van der Waals surface area contributed by atoms with Gasteiger partial charge in [0, 0.05) is 12.0 Å². The minimum Gasteiger partial charge on any atom is -0.480 e. The van der Waals surface area contributed by atoms with Gasteiger partial charge in [0.1, 0.15) is 12.6 Å². The number of aromatic nitrogens is 1. The number of hydrogen-bond donors (Lipinski definition) is 3. The molecule has 4 rings (SSSR count). The lowest BCUT2D eigenvalue weighted by molar-refractivity contribution is -0.147. The molecular formula is C24H21N3O8. The maximum atomic E-state index is 12.3. The second-order valence-electron chi connectivity index (χ2n) is 7.67. The number of carbonyl (C=O) groups excluding carboxylic acids is 3. The molecule has 180 valence electrons. The number of esters is 1. The summed E-state index contributed by atoms with van der Waals surface area (Å²) in [6.45, 7) is 0.0785. The normalized spacial score (nSPS) is 12.7. The second kappa shape index (κ2) is 10.1. The Labute approximate surface area is 199 Å². The van der Waals surface area contributed by atoms with Gasteiger partial charge in [0.2, 0.25) is 5.88 Å². The summed E-state index contributed by atoms with van der Waals surface area (Å²) in [6.07, 6.45) is -1.38. The molecule has 0 saturated heterocycles. The Morgan fingerprint density at radius 1 is 1.06 bits per heavy atom. The molecule has 0 spiro atoms. The molecule has 1 aliphatic rings. The van der Waals surface area contributed by atoms with Crippen molar-refractivity contribution >= 4 is 29.8 Å². The summed E-state index contributed by atoms with van der Waals surface area (Å²) in [5.74, 6) is -3.45. The van der Waals surface area contributed by atoms with Crippen LogP contribution in [0.5, 0.6) is 0 Å². The van der Waals surface area contributed by atoms with Gasteiger partial charge in [-0.15, -0.1) is 0 Å². The Hall–Kier alpha value is -4.67. The predicted octanol–water partition coefficient (Wildman–Crippen LogP) is 2.78. The molecule has 11 heteroatoms. The third-order valence-electron chi connectivity index (χ3n) is 5.51. The van der Waals surface area contributed by atoms with Gasteiger partial charge >= 0.3 is 18.0 Å². The fourth-order valence-corrected chi connectivity index (χ4v) is 3.86. The van der Waals surface area contributed by atoms with Crippen molar-refractivity contribution in [2.45, 2.75) is 18.4 Å². The van der Waals surface area contributed by atoms with Crippen molar-refractivity contribution in [2.75, 3.05) is 19.0 Å². The molecule has 1 heterocycles. The van der Waals surface area contributed by atoms with Crippen LogP contribution in [-0.4, -0.2) is 54.0 Å². The lowest BCUT2D eigenvalue weighted by Gasteiger charge is -2.14. The third kappa shape index (κ3) is 5.13. The van der Waals surface area contributed by atoms with Crippen molar-refractivity contribution in [3.05, 3.63) is 71.4 Å². The molecule has 1 atom stereocenters. The molecule has 0 bridgehead atoms. The van der Waals surface area contributed by atoms with Gasteiger partial charge in [-0.3, -0.25) is 14.9 Å². The van der Waals surface area contributed by atoms with Crippen molar-refractivity contribution in [3.8, 4) is 11.1 Å². The number of nitrogens with one attached hydrogen (secondary N) is 2. The fraction of sp³-hybridized carbons (Fsp3) is 0.208. The van der Waals surface area contributed by atoms with Crippen LogP contribution in [-0.2, 0) is 19.1 Å². The summed E-state index contributed by atoms with van der Waals surface area (Å²) in [5.41, 5.74) is 4.00. The molecule has 0 saturated carbocycles. The molecule has 0 fully saturated rings. The minimum absolute atomic E-state index is 0.0785. The Bertz CT molecular complexity index is 1240. The lowest BCUT2D eigenvalue weighted by atomic mass is 9.98. The van der Waals surface area contributed by atoms with Crippen LogP contribution in [0.25, 0.3) is 11.1 Å². The van der Waals surface area contributed by atoms with Gasteiger partial charge in [0.05, 0.1) is 13.5 Å². The van der Waals surface area contributed by atoms with E-state index in [1.54, 1.807) is 0 Å². The Morgan fingerprint density at radius 3 is 2.29 bits per heavy atom. The van der Waals surface area contributed by atoms with Crippen LogP contribution in [0.2, 0.25) is 0 Å². The molecule has 3 aromatic rings. The van der Waals surface area contributed by atoms with Crippen molar-refractivity contribution in [2.24, 2.45) is 0 Å². The molecule has 0 unspecified atom stereocenters. The number of carbonyl (C=O) groups is 4. The molecule has 35 heavy (non-hydrogen) atoms. The van der Waals surface area contributed by atoms with Crippen molar-refractivity contribution in [3.63, 3.8) is 0 Å². The number of methoxy groups -OCH3 is 1. The Balaban J connectivity index is 1.35. The van der Waals surface area contributed by atoms with Crippen LogP contribution >= 0.6 is 0 Å². The van der Waals surface area contributed by atoms with E-state index in [0.717, 1.165) is 35.4 Å². The van der Waals surface area contributed by atoms with Crippen molar-refractivity contribution in [1.29, 1.82) is 0 Å². The smallest absolute Gasteiger partial charge is 0.414 e. The Morgan fingerprint density at radius 2 is 1.69 bits per heavy atom. The number of nitrogens with zero attached hydrogens (tertiary/aromatic N) is 1. The number of benzene rings is 2. The van der Waals surface area contributed by atoms with Gasteiger partial charge in [-0.05, 0) is 22.3 Å². The zero-order valence-electron chi connectivity index (χ0n) is 18.5. The van der Waals surface area contributed by atoms with E-state index in [0.29, 0.717) is 0 Å². The second-order valence-corrected chi connectivity index (χ2v) is 7.67. The molecular weight excluding hydrogens is 458 g/mol. The number of fused-ring (bicyclic) bond motifs is 3. The minimum atomic E-state index is -1.52. The third-order valence-corrected chi connectivity index (χ3v) is 5.51. The fourth-order valence-electron chi connectivity index (χ4n) is 3.86. The van der Waals surface area contributed by atoms with Gasteiger partial charge < -0.3 is 24.4 Å². The molecule has 1 aliphatic carbocycles. The van der Waals surface area contributed by atoms with E-state index >= 15 is 0 Å². The van der Waals surface area contributed by atoms with Gasteiger partial charge in [-0.1, -0.05) is 53.7 Å². The topological polar surface area (TPSA) is 157 Å². The predicted molar refractivity (Wildman–Crippen MR) is 121 cm³/mol. The summed E-state index contributed by atoms with van der Waals surface area (Å²) in [4.78, 5) is 47.2. The highest BCUT2D eigenvalue weighted by Gasteiger charge is 2.29. The average Bonchev–Trinajstić information content (AvgIpc) is 3.45. The number of ether oxygens (including phenoxy) is 2. The monoisotopic (exact) mass is 479 g/mol. The van der Waals surface area contributed by atoms with Crippen LogP contribution < -0.4 is 10.6 Å². The number of carboxylic acid groups (broad SMARTS) is 1. The highest BCUT2D eigenvalue weighted by atomic mass is 16.6. The molecule has 0 radical (unpaired) electrons. The maximum absolute atomic E-state index is 12.3. The largest absolute Gasteiger partial charge is 0.480 e. The van der Waals surface area contributed by atoms with Crippen LogP contribution in [0.15, 0.2) is 59.1 Å². The number of aliphatic carboxylic acids is 1. The number of amides is 2. The molecule has 0 aliphatic heterocycles. The Kier molecular flexibility index (Phi) is 6.76. The van der Waals surface area contributed by atoms with Crippen LogP contribution in [0.3, 0.4) is 0 Å². The highest BCUT2D eigenvalue weighted by Crippen LogP contribution is 2.44. The summed E-state index contributed by atoms with van der Waals surface area (Å²) < 4.78 is 14.7. The van der Waals surface area contributed by atoms with Crippen LogP contribution in [0.4, 0.5) is 10.7 Å². The first kappa shape index (κ1) is 23.5. The number of hydrogen-bond acceptors (Lipinski definition) is 8. The average molecular weight is 479 g/mol. The first-order valence-electron chi connectivity index (χ1n) is 10.6. The quantitative estimate of drug-likeness (QED) is 0.413. The zero-order valence-corrected chi connectivity index (χ0v) is 18.5. The van der Waals surface area contributed by atoms with Crippen molar-refractivity contribution in [1.82, 2.24) is 10.5 Å². The zero-order chi connectivity index (χ0) is 24.9. The first-order chi connectivity index (χ1) is 16.9. The van der Waals surface area contributed by atoms with Crippen LogP contribution in [0.1, 0.15) is 34.0 Å². The highest BCUT2D eigenvalue weighted by molar-refractivity contribution is 5.97. The summed E-state index contributed by atoms with van der Waals surface area (Å²) in [5, 5.41) is 17.2. The van der Waals surface area contributed by atoms with E-state index in [1.165, 1.54) is 0 Å². The van der Waals surface area contributed by atoms with Gasteiger partial charge in [0.15, 0.2) is 5.69 Å². The molecule has 11 nitrogen and oxygen atoms in total. The number of carboxylic acids is 1. The van der Waals surface area contributed by atoms with E-state index < -0.39 is 36.4 Å². The maximum Gasteiger partial charge on any atom is 0.414 e. The molecule has 2 aromatic carbocycles. The number of rotatable bonds is 8. The number of anilines is 1. The van der Waals surface area contributed by atoms with Crippen molar-refractivity contribution < 1.29 is 38.3 Å².